The van der Waals surface area contributed by atoms with E-state index in [0.29, 0.717) is 0 Å². The van der Waals surface area contributed by atoms with Gasteiger partial charge in [0.15, 0.2) is 6.29 Å². The summed E-state index contributed by atoms with van der Waals surface area (Å²) in [6.45, 7) is -0.886. The second-order valence-electron chi connectivity index (χ2n) is 4.68. The Bertz CT molecular complexity index is 302. The van der Waals surface area contributed by atoms with Crippen LogP contribution >= 0.6 is 0 Å². The van der Waals surface area contributed by atoms with Crippen molar-refractivity contribution in [1.29, 1.82) is 0 Å². The standard InChI is InChI=1S/C10H20O10/c11-1-2(12)3(13)4(14)6(16)9-7(17)5(15)8(18)10(19)20-9/h2-19H,1H2/t2-,3+,4-,5+,6-,7+,8+,9-,10+/m1/s1. The third-order valence-electron chi connectivity index (χ3n) is 3.24. The fourth-order valence-corrected chi connectivity index (χ4v) is 1.90. The van der Waals surface area contributed by atoms with Crippen LogP contribution in [0.25, 0.3) is 0 Å². The first-order chi connectivity index (χ1) is 9.22. The van der Waals surface area contributed by atoms with Crippen LogP contribution in [0, 0.1) is 0 Å². The van der Waals surface area contributed by atoms with Crippen molar-refractivity contribution >= 4 is 0 Å². The second-order valence-corrected chi connectivity index (χ2v) is 4.68. The number of aliphatic hydroxyl groups is 9. The van der Waals surface area contributed by atoms with Gasteiger partial charge in [0.25, 0.3) is 0 Å². The first-order valence-electron chi connectivity index (χ1n) is 5.93. The summed E-state index contributed by atoms with van der Waals surface area (Å²) in [5, 5.41) is 84.1. The maximum atomic E-state index is 9.76. The summed E-state index contributed by atoms with van der Waals surface area (Å²) in [5.74, 6) is 0. The third kappa shape index (κ3) is 3.43. The highest BCUT2D eigenvalue weighted by Crippen LogP contribution is 2.24. The number of rotatable bonds is 5. The molecule has 9 atom stereocenters. The molecule has 10 nitrogen and oxygen atoms in total. The fraction of sp³-hybridized carbons (Fsp3) is 1.00. The number of ether oxygens (including phenoxy) is 1. The van der Waals surface area contributed by atoms with Crippen LogP contribution in [0.1, 0.15) is 0 Å². The molecule has 1 rings (SSSR count). The SMILES string of the molecule is OC[C@@H](O)[C@H](O)[C@@H](O)[C@@H](O)[C@H]1O[C@H](O)[C@@H](O)[C@@H](O)[C@@H]1O. The normalized spacial score (nSPS) is 41.0. The van der Waals surface area contributed by atoms with E-state index in [9.17, 15) is 35.7 Å². The molecule has 0 spiro atoms. The second kappa shape index (κ2) is 7.04. The Labute approximate surface area is 113 Å². The van der Waals surface area contributed by atoms with Crippen molar-refractivity contribution < 1.29 is 50.7 Å². The number of hydrogen-bond acceptors (Lipinski definition) is 10. The fourth-order valence-electron chi connectivity index (χ4n) is 1.90. The van der Waals surface area contributed by atoms with Crippen molar-refractivity contribution in [3.05, 3.63) is 0 Å². The zero-order valence-electron chi connectivity index (χ0n) is 10.3. The van der Waals surface area contributed by atoms with E-state index >= 15 is 0 Å². The lowest BCUT2D eigenvalue weighted by Gasteiger charge is -2.41. The van der Waals surface area contributed by atoms with Crippen molar-refractivity contribution in [3.63, 3.8) is 0 Å². The largest absolute Gasteiger partial charge is 0.394 e. The summed E-state index contributed by atoms with van der Waals surface area (Å²) in [4.78, 5) is 0. The lowest BCUT2D eigenvalue weighted by atomic mass is 9.90. The van der Waals surface area contributed by atoms with E-state index in [-0.39, 0.29) is 0 Å². The van der Waals surface area contributed by atoms with E-state index in [1.807, 2.05) is 0 Å². The Morgan fingerprint density at radius 2 is 1.35 bits per heavy atom. The molecule has 0 aromatic rings. The van der Waals surface area contributed by atoms with E-state index in [0.717, 1.165) is 0 Å². The topological polar surface area (TPSA) is 191 Å². The lowest BCUT2D eigenvalue weighted by molar-refractivity contribution is -0.306. The van der Waals surface area contributed by atoms with Gasteiger partial charge in [0.1, 0.15) is 48.8 Å². The molecule has 0 amide bonds. The van der Waals surface area contributed by atoms with Crippen LogP contribution in [0.4, 0.5) is 0 Å². The molecule has 120 valence electrons. The molecule has 1 aliphatic rings. The van der Waals surface area contributed by atoms with Gasteiger partial charge in [-0.15, -0.1) is 0 Å². The quantitative estimate of drug-likeness (QED) is 0.236. The molecule has 0 radical (unpaired) electrons. The van der Waals surface area contributed by atoms with Gasteiger partial charge >= 0.3 is 0 Å². The predicted octanol–water partition coefficient (Wildman–Crippen LogP) is -5.78. The van der Waals surface area contributed by atoms with Crippen LogP contribution in [-0.4, -0.2) is 108 Å². The number of aliphatic hydroxyl groups excluding tert-OH is 9. The summed E-state index contributed by atoms with van der Waals surface area (Å²) in [7, 11) is 0. The van der Waals surface area contributed by atoms with Gasteiger partial charge in [-0.05, 0) is 0 Å². The Balaban J connectivity index is 2.77. The summed E-state index contributed by atoms with van der Waals surface area (Å²) < 4.78 is 4.66. The molecular formula is C10H20O10. The molecule has 0 bridgehead atoms. The van der Waals surface area contributed by atoms with E-state index in [1.54, 1.807) is 0 Å². The Kier molecular flexibility index (Phi) is 6.22. The van der Waals surface area contributed by atoms with Gasteiger partial charge in [-0.2, -0.15) is 0 Å². The minimum absolute atomic E-state index is 0.886. The van der Waals surface area contributed by atoms with Gasteiger partial charge in [-0.25, -0.2) is 0 Å². The zero-order chi connectivity index (χ0) is 15.6. The molecule has 10 heteroatoms. The number of hydrogen-bond donors (Lipinski definition) is 9. The zero-order valence-corrected chi connectivity index (χ0v) is 10.3. The first kappa shape index (κ1) is 17.7. The Morgan fingerprint density at radius 3 is 1.85 bits per heavy atom. The van der Waals surface area contributed by atoms with E-state index < -0.39 is 61.7 Å². The van der Waals surface area contributed by atoms with Crippen molar-refractivity contribution in [2.24, 2.45) is 0 Å². The molecular weight excluding hydrogens is 280 g/mol. The Morgan fingerprint density at radius 1 is 0.800 bits per heavy atom. The summed E-state index contributed by atoms with van der Waals surface area (Å²) in [6.07, 6.45) is -16.9. The van der Waals surface area contributed by atoms with Crippen molar-refractivity contribution in [3.8, 4) is 0 Å². The van der Waals surface area contributed by atoms with Gasteiger partial charge in [-0.1, -0.05) is 0 Å². The van der Waals surface area contributed by atoms with Gasteiger partial charge in [0.2, 0.25) is 0 Å². The molecule has 0 aromatic heterocycles. The monoisotopic (exact) mass is 300 g/mol. The smallest absolute Gasteiger partial charge is 0.184 e. The Hall–Kier alpha value is -0.400. The average Bonchev–Trinajstić information content (AvgIpc) is 2.45. The maximum absolute atomic E-state index is 9.76. The molecule has 0 unspecified atom stereocenters. The van der Waals surface area contributed by atoms with Crippen LogP contribution in [0.5, 0.6) is 0 Å². The van der Waals surface area contributed by atoms with Gasteiger partial charge in [0.05, 0.1) is 6.61 Å². The molecule has 20 heavy (non-hydrogen) atoms. The van der Waals surface area contributed by atoms with Crippen molar-refractivity contribution in [2.75, 3.05) is 6.61 Å². The summed E-state index contributed by atoms with van der Waals surface area (Å²) in [6, 6.07) is 0. The van der Waals surface area contributed by atoms with Crippen LogP contribution in [0.15, 0.2) is 0 Å². The third-order valence-corrected chi connectivity index (χ3v) is 3.24. The first-order valence-corrected chi connectivity index (χ1v) is 5.93. The molecule has 0 aliphatic carbocycles. The molecule has 1 heterocycles. The molecule has 9 N–H and O–H groups in total. The molecule has 1 saturated heterocycles. The minimum atomic E-state index is -2.04. The van der Waals surface area contributed by atoms with Gasteiger partial charge in [-0.3, -0.25) is 0 Å². The maximum Gasteiger partial charge on any atom is 0.184 e. The average molecular weight is 300 g/mol. The molecule has 1 fully saturated rings. The van der Waals surface area contributed by atoms with Gasteiger partial charge < -0.3 is 50.7 Å². The van der Waals surface area contributed by atoms with Gasteiger partial charge in [0, 0.05) is 0 Å². The highest BCUT2D eigenvalue weighted by atomic mass is 16.6. The summed E-state index contributed by atoms with van der Waals surface area (Å²) >= 11 is 0. The highest BCUT2D eigenvalue weighted by Gasteiger charge is 2.48. The van der Waals surface area contributed by atoms with Crippen LogP contribution in [-0.2, 0) is 4.74 Å². The lowest BCUT2D eigenvalue weighted by Crippen LogP contribution is -2.63. The van der Waals surface area contributed by atoms with E-state index in [1.165, 1.54) is 0 Å². The minimum Gasteiger partial charge on any atom is -0.394 e. The van der Waals surface area contributed by atoms with Crippen molar-refractivity contribution in [1.82, 2.24) is 0 Å². The highest BCUT2D eigenvalue weighted by molar-refractivity contribution is 4.96. The molecule has 0 aromatic carbocycles. The van der Waals surface area contributed by atoms with E-state index in [2.05, 4.69) is 4.74 Å². The summed E-state index contributed by atoms with van der Waals surface area (Å²) in [5.41, 5.74) is 0. The van der Waals surface area contributed by atoms with E-state index in [4.69, 9.17) is 10.2 Å². The molecule has 0 saturated carbocycles. The predicted molar refractivity (Wildman–Crippen MR) is 60.0 cm³/mol. The van der Waals surface area contributed by atoms with Crippen molar-refractivity contribution in [2.45, 2.75) is 55.1 Å². The van der Waals surface area contributed by atoms with Crippen LogP contribution in [0.2, 0.25) is 0 Å². The molecule has 1 aliphatic heterocycles. The van der Waals surface area contributed by atoms with Crippen LogP contribution in [0.3, 0.4) is 0 Å². The van der Waals surface area contributed by atoms with Crippen LogP contribution < -0.4 is 0 Å².